The lowest BCUT2D eigenvalue weighted by Gasteiger charge is -2.35. The van der Waals surface area contributed by atoms with Crippen LogP contribution in [-0.4, -0.2) is 30.7 Å². The van der Waals surface area contributed by atoms with Crippen LogP contribution in [0.4, 0.5) is 0 Å². The zero-order valence-electron chi connectivity index (χ0n) is 20.3. The Kier molecular flexibility index (Phi) is 10.5. The van der Waals surface area contributed by atoms with Crippen LogP contribution >= 0.6 is 0 Å². The second-order valence-corrected chi connectivity index (χ2v) is 8.93. The maximum Gasteiger partial charge on any atom is 0.248 e. The van der Waals surface area contributed by atoms with Gasteiger partial charge < -0.3 is 22.2 Å². The molecule has 0 heterocycles. The molecule has 180 valence electrons. The molecule has 4 nitrogen and oxygen atoms in total. The topological polar surface area (TPSA) is 52.9 Å². The first-order chi connectivity index (χ1) is 16.4. The first-order valence-electron chi connectivity index (χ1n) is 11.5. The van der Waals surface area contributed by atoms with Crippen molar-refractivity contribution in [2.45, 2.75) is 13.5 Å². The predicted molar refractivity (Wildman–Crippen MR) is 139 cm³/mol. The lowest BCUT2D eigenvalue weighted by atomic mass is 9.97. The zero-order valence-corrected chi connectivity index (χ0v) is 21.1. The maximum atomic E-state index is 13.1. The maximum absolute atomic E-state index is 13.1. The fraction of sp³-hybridized carbons (Fsp3) is 0.200. The number of nitriles is 1. The largest absolute Gasteiger partial charge is 1.00 e. The minimum atomic E-state index is -0.154. The number of carbonyl (C=O) groups is 1. The standard InChI is InChI=1S/C30H31N3O.ClH/c1-4-25-15-17-26(18-16-25)22-33(3,21-24(2)20-31)23-32-30(34)19-29(27-11-7-5-8-12-27)28-13-9-6-10-14-28;/h4-19,24H,1,21-23H2,2-3H3;1H. The molecule has 1 amide bonds. The van der Waals surface area contributed by atoms with Gasteiger partial charge in [-0.25, -0.2) is 0 Å². The average molecular weight is 486 g/mol. The lowest BCUT2D eigenvalue weighted by Crippen LogP contribution is -3.00. The number of rotatable bonds is 10. The van der Waals surface area contributed by atoms with Crippen molar-refractivity contribution in [3.05, 3.63) is 120 Å². The molecule has 3 aromatic carbocycles. The molecule has 5 heteroatoms. The summed E-state index contributed by atoms with van der Waals surface area (Å²) in [6.45, 7) is 7.48. The van der Waals surface area contributed by atoms with Crippen molar-refractivity contribution in [1.82, 2.24) is 5.32 Å². The van der Waals surface area contributed by atoms with E-state index in [1.165, 1.54) is 0 Å². The highest BCUT2D eigenvalue weighted by atomic mass is 35.5. The van der Waals surface area contributed by atoms with E-state index in [1.807, 2.05) is 85.8 Å². The molecule has 0 aliphatic rings. The molecule has 0 aliphatic carbocycles. The van der Waals surface area contributed by atoms with Gasteiger partial charge in [0.25, 0.3) is 0 Å². The molecule has 0 bridgehead atoms. The first-order valence-corrected chi connectivity index (χ1v) is 11.5. The highest BCUT2D eigenvalue weighted by Gasteiger charge is 2.26. The summed E-state index contributed by atoms with van der Waals surface area (Å²) in [4.78, 5) is 13.1. The van der Waals surface area contributed by atoms with Gasteiger partial charge in [-0.05, 0) is 29.2 Å². The van der Waals surface area contributed by atoms with Gasteiger partial charge in [0.15, 0.2) is 6.67 Å². The van der Waals surface area contributed by atoms with Crippen molar-refractivity contribution < 1.29 is 21.7 Å². The Balaban J connectivity index is 0.00000432. The molecule has 3 rings (SSSR count). The SMILES string of the molecule is C=Cc1ccc(C[N+](C)(CNC(=O)C=C(c2ccccc2)c2ccccc2)CC(C)C#N)cc1.[Cl-]. The molecule has 0 radical (unpaired) electrons. The van der Waals surface area contributed by atoms with E-state index in [9.17, 15) is 10.1 Å². The summed E-state index contributed by atoms with van der Waals surface area (Å²) >= 11 is 0. The lowest BCUT2D eigenvalue weighted by molar-refractivity contribution is -0.926. The highest BCUT2D eigenvalue weighted by Crippen LogP contribution is 2.23. The molecule has 2 atom stereocenters. The van der Waals surface area contributed by atoms with E-state index in [-0.39, 0.29) is 24.2 Å². The second-order valence-electron chi connectivity index (χ2n) is 8.93. The molecule has 2 unspecified atom stereocenters. The summed E-state index contributed by atoms with van der Waals surface area (Å²) in [6.07, 6.45) is 3.49. The van der Waals surface area contributed by atoms with Crippen molar-refractivity contribution in [2.75, 3.05) is 20.3 Å². The molecule has 0 saturated heterocycles. The van der Waals surface area contributed by atoms with Crippen LogP contribution in [0.25, 0.3) is 11.6 Å². The van der Waals surface area contributed by atoms with E-state index in [0.29, 0.717) is 24.2 Å². The van der Waals surface area contributed by atoms with Crippen LogP contribution in [0.5, 0.6) is 0 Å². The molecule has 35 heavy (non-hydrogen) atoms. The number of nitrogens with one attached hydrogen (secondary N) is 1. The minimum Gasteiger partial charge on any atom is -1.00 e. The van der Waals surface area contributed by atoms with Crippen LogP contribution in [0, 0.1) is 17.2 Å². The van der Waals surface area contributed by atoms with Gasteiger partial charge in [-0.1, -0.05) is 97.6 Å². The Morgan fingerprint density at radius 3 is 2.03 bits per heavy atom. The Bertz CT molecular complexity index is 1130. The van der Waals surface area contributed by atoms with E-state index in [1.54, 1.807) is 6.08 Å². The third-order valence-electron chi connectivity index (χ3n) is 5.79. The molecule has 0 fully saturated rings. The highest BCUT2D eigenvalue weighted by molar-refractivity contribution is 5.99. The predicted octanol–water partition coefficient (Wildman–Crippen LogP) is 2.65. The summed E-state index contributed by atoms with van der Waals surface area (Å²) in [5, 5.41) is 12.5. The second kappa shape index (κ2) is 13.3. The molecule has 0 aliphatic heterocycles. The van der Waals surface area contributed by atoms with Gasteiger partial charge in [0.1, 0.15) is 6.54 Å². The monoisotopic (exact) mass is 485 g/mol. The molecule has 3 aromatic rings. The number of quaternary nitrogens is 1. The van der Waals surface area contributed by atoms with Crippen LogP contribution in [0.1, 0.15) is 29.2 Å². The third-order valence-corrected chi connectivity index (χ3v) is 5.79. The van der Waals surface area contributed by atoms with Gasteiger partial charge in [0.05, 0.1) is 25.6 Å². The zero-order chi connectivity index (χ0) is 24.4. The molecule has 0 spiro atoms. The summed E-state index contributed by atoms with van der Waals surface area (Å²) in [5.74, 6) is -0.284. The number of amides is 1. The number of halogens is 1. The summed E-state index contributed by atoms with van der Waals surface area (Å²) in [5.41, 5.74) is 5.06. The number of hydrogen-bond acceptors (Lipinski definition) is 2. The van der Waals surface area contributed by atoms with Gasteiger partial charge in [-0.2, -0.15) is 5.26 Å². The Labute approximate surface area is 215 Å². The van der Waals surface area contributed by atoms with Crippen LogP contribution in [0.2, 0.25) is 0 Å². The quantitative estimate of drug-likeness (QED) is 0.273. The van der Waals surface area contributed by atoms with Crippen molar-refractivity contribution in [3.8, 4) is 6.07 Å². The smallest absolute Gasteiger partial charge is 0.248 e. The van der Waals surface area contributed by atoms with Crippen LogP contribution in [-0.2, 0) is 11.3 Å². The molecular formula is C30H32ClN3O. The van der Waals surface area contributed by atoms with Crippen LogP contribution < -0.4 is 17.7 Å². The minimum absolute atomic E-state index is 0. The van der Waals surface area contributed by atoms with Crippen molar-refractivity contribution in [2.24, 2.45) is 5.92 Å². The molecule has 0 saturated carbocycles. The van der Waals surface area contributed by atoms with Crippen LogP contribution in [0.3, 0.4) is 0 Å². The first kappa shape index (κ1) is 27.6. The Morgan fingerprint density at radius 1 is 1.00 bits per heavy atom. The van der Waals surface area contributed by atoms with E-state index < -0.39 is 0 Å². The average Bonchev–Trinajstić information content (AvgIpc) is 2.87. The summed E-state index contributed by atoms with van der Waals surface area (Å²) < 4.78 is 0.522. The van der Waals surface area contributed by atoms with Gasteiger partial charge in [-0.15, -0.1) is 0 Å². The molecule has 0 aromatic heterocycles. The fourth-order valence-corrected chi connectivity index (χ4v) is 4.11. The van der Waals surface area contributed by atoms with Crippen molar-refractivity contribution >= 4 is 17.6 Å². The van der Waals surface area contributed by atoms with Gasteiger partial charge >= 0.3 is 0 Å². The van der Waals surface area contributed by atoms with Gasteiger partial charge in [0.2, 0.25) is 5.91 Å². The number of nitrogens with zero attached hydrogens (tertiary/aromatic N) is 2. The van der Waals surface area contributed by atoms with Gasteiger partial charge in [0, 0.05) is 11.6 Å². The molecule has 1 N–H and O–H groups in total. The normalized spacial score (nSPS) is 12.7. The van der Waals surface area contributed by atoms with E-state index in [0.717, 1.165) is 27.8 Å². The number of hydrogen-bond donors (Lipinski definition) is 1. The third kappa shape index (κ3) is 8.26. The van der Waals surface area contributed by atoms with Gasteiger partial charge in [-0.3, -0.25) is 4.79 Å². The van der Waals surface area contributed by atoms with E-state index in [2.05, 4.69) is 37.1 Å². The van der Waals surface area contributed by atoms with E-state index >= 15 is 0 Å². The Morgan fingerprint density at radius 2 is 1.54 bits per heavy atom. The number of benzene rings is 3. The fourth-order valence-electron chi connectivity index (χ4n) is 4.11. The van der Waals surface area contributed by atoms with Crippen molar-refractivity contribution in [1.29, 1.82) is 5.26 Å². The van der Waals surface area contributed by atoms with Crippen molar-refractivity contribution in [3.63, 3.8) is 0 Å². The Hall–Kier alpha value is -3.65. The summed E-state index contributed by atoms with van der Waals surface area (Å²) in [7, 11) is 2.08. The van der Waals surface area contributed by atoms with Crippen LogP contribution in [0.15, 0.2) is 97.6 Å². The summed E-state index contributed by atoms with van der Waals surface area (Å²) in [6, 6.07) is 30.4. The molecular weight excluding hydrogens is 454 g/mol. The van der Waals surface area contributed by atoms with E-state index in [4.69, 9.17) is 0 Å². The number of carbonyl (C=O) groups excluding carboxylic acids is 1.